The highest BCUT2D eigenvalue weighted by Crippen LogP contribution is 2.35. The summed E-state index contributed by atoms with van der Waals surface area (Å²) in [5.41, 5.74) is 8.65. The molecule has 0 radical (unpaired) electrons. The van der Waals surface area contributed by atoms with Gasteiger partial charge < -0.3 is 15.1 Å². The highest BCUT2D eigenvalue weighted by Gasteiger charge is 2.21. The number of furan rings is 1. The number of hydrogen-bond acceptors (Lipinski definition) is 5. The van der Waals surface area contributed by atoms with Crippen LogP contribution in [0.15, 0.2) is 35.3 Å². The highest BCUT2D eigenvalue weighted by molar-refractivity contribution is 7.21. The third-order valence-electron chi connectivity index (χ3n) is 3.38. The van der Waals surface area contributed by atoms with Crippen LogP contribution in [0.4, 0.5) is 5.69 Å². The van der Waals surface area contributed by atoms with E-state index in [1.165, 1.54) is 11.3 Å². The summed E-state index contributed by atoms with van der Waals surface area (Å²) in [6, 6.07) is 3.73. The Morgan fingerprint density at radius 2 is 2.29 bits per heavy atom. The molecule has 0 atom stereocenters. The molecule has 3 heterocycles. The number of thiophene rings is 1. The molecule has 0 bridgehead atoms. The van der Waals surface area contributed by atoms with E-state index in [1.54, 1.807) is 30.7 Å². The number of aromatic nitrogens is 1. The number of aryl methyl sites for hydroxylation is 1. The summed E-state index contributed by atoms with van der Waals surface area (Å²) in [7, 11) is 1.75. The van der Waals surface area contributed by atoms with E-state index in [0.29, 0.717) is 17.1 Å². The van der Waals surface area contributed by atoms with Gasteiger partial charge in [0, 0.05) is 30.7 Å². The Balaban J connectivity index is 1.94. The summed E-state index contributed by atoms with van der Waals surface area (Å²) < 4.78 is 5.02. The predicted molar refractivity (Wildman–Crippen MR) is 83.3 cm³/mol. The fourth-order valence-corrected chi connectivity index (χ4v) is 3.40. The molecule has 3 aromatic rings. The van der Waals surface area contributed by atoms with Crippen molar-refractivity contribution in [1.29, 1.82) is 0 Å². The molecule has 1 amide bonds. The van der Waals surface area contributed by atoms with Crippen molar-refractivity contribution in [3.8, 4) is 0 Å². The zero-order valence-electron chi connectivity index (χ0n) is 11.8. The number of nitrogen functional groups attached to an aromatic ring is 1. The predicted octanol–water partition coefficient (Wildman–Crippen LogP) is 3.05. The molecule has 2 N–H and O–H groups in total. The van der Waals surface area contributed by atoms with Crippen molar-refractivity contribution in [2.24, 2.45) is 0 Å². The smallest absolute Gasteiger partial charge is 0.266 e. The molecule has 0 spiro atoms. The topological polar surface area (TPSA) is 72.4 Å². The number of amides is 1. The van der Waals surface area contributed by atoms with E-state index in [1.807, 2.05) is 19.1 Å². The van der Waals surface area contributed by atoms with Crippen molar-refractivity contribution in [1.82, 2.24) is 9.88 Å². The van der Waals surface area contributed by atoms with Crippen molar-refractivity contribution in [2.45, 2.75) is 13.5 Å². The normalized spacial score (nSPS) is 11.0. The van der Waals surface area contributed by atoms with Gasteiger partial charge >= 0.3 is 0 Å². The van der Waals surface area contributed by atoms with Gasteiger partial charge in [0.1, 0.15) is 9.71 Å². The Kier molecular flexibility index (Phi) is 3.39. The molecule has 0 fully saturated rings. The van der Waals surface area contributed by atoms with Gasteiger partial charge in [-0.25, -0.2) is 4.98 Å². The zero-order valence-corrected chi connectivity index (χ0v) is 12.6. The molecule has 21 heavy (non-hydrogen) atoms. The first-order valence-electron chi connectivity index (χ1n) is 6.48. The Morgan fingerprint density at radius 1 is 1.48 bits per heavy atom. The number of carbonyl (C=O) groups is 1. The SMILES string of the molecule is Cc1ccnc2sc(C(=O)N(C)Cc3ccoc3)c(N)c12. The number of rotatable bonds is 3. The highest BCUT2D eigenvalue weighted by atomic mass is 32.1. The first-order valence-corrected chi connectivity index (χ1v) is 7.29. The number of fused-ring (bicyclic) bond motifs is 1. The van der Waals surface area contributed by atoms with Gasteiger partial charge in [-0.3, -0.25) is 4.79 Å². The van der Waals surface area contributed by atoms with Gasteiger partial charge in [0.25, 0.3) is 5.91 Å². The number of anilines is 1. The van der Waals surface area contributed by atoms with E-state index in [0.717, 1.165) is 21.3 Å². The molecular formula is C15H15N3O2S. The van der Waals surface area contributed by atoms with Gasteiger partial charge in [0.05, 0.1) is 18.2 Å². The van der Waals surface area contributed by atoms with E-state index < -0.39 is 0 Å². The van der Waals surface area contributed by atoms with Crippen LogP contribution in [0.2, 0.25) is 0 Å². The van der Waals surface area contributed by atoms with Gasteiger partial charge in [0.2, 0.25) is 0 Å². The van der Waals surface area contributed by atoms with Crippen LogP contribution in [0, 0.1) is 6.92 Å². The molecule has 0 aromatic carbocycles. The molecular weight excluding hydrogens is 286 g/mol. The van der Waals surface area contributed by atoms with E-state index in [2.05, 4.69) is 4.98 Å². The third-order valence-corrected chi connectivity index (χ3v) is 4.48. The number of carbonyl (C=O) groups excluding carboxylic acids is 1. The van der Waals surface area contributed by atoms with Crippen molar-refractivity contribution < 1.29 is 9.21 Å². The number of hydrogen-bond donors (Lipinski definition) is 1. The lowest BCUT2D eigenvalue weighted by molar-refractivity contribution is 0.0790. The fraction of sp³-hybridized carbons (Fsp3) is 0.200. The Labute approximate surface area is 126 Å². The van der Waals surface area contributed by atoms with E-state index in [9.17, 15) is 4.79 Å². The van der Waals surface area contributed by atoms with Crippen LogP contribution < -0.4 is 5.73 Å². The van der Waals surface area contributed by atoms with Crippen molar-refractivity contribution in [3.05, 3.63) is 46.9 Å². The molecule has 108 valence electrons. The van der Waals surface area contributed by atoms with Gasteiger partial charge in [-0.1, -0.05) is 0 Å². The van der Waals surface area contributed by atoms with E-state index in [4.69, 9.17) is 10.2 Å². The first-order chi connectivity index (χ1) is 10.1. The average Bonchev–Trinajstić information content (AvgIpc) is 3.07. The minimum absolute atomic E-state index is 0.101. The molecule has 0 aliphatic carbocycles. The van der Waals surface area contributed by atoms with Crippen LogP contribution in [0.25, 0.3) is 10.2 Å². The lowest BCUT2D eigenvalue weighted by Crippen LogP contribution is -2.25. The zero-order chi connectivity index (χ0) is 15.0. The van der Waals surface area contributed by atoms with Crippen LogP contribution in [0.1, 0.15) is 20.8 Å². The Morgan fingerprint density at radius 3 is 2.95 bits per heavy atom. The Hall–Kier alpha value is -2.34. The third kappa shape index (κ3) is 2.38. The summed E-state index contributed by atoms with van der Waals surface area (Å²) in [5.74, 6) is -0.101. The summed E-state index contributed by atoms with van der Waals surface area (Å²) in [5, 5.41) is 0.877. The Bertz CT molecular complexity index is 793. The van der Waals surface area contributed by atoms with Crippen LogP contribution in [-0.2, 0) is 6.54 Å². The quantitative estimate of drug-likeness (QED) is 0.807. The number of nitrogens with two attached hydrogens (primary N) is 1. The fourth-order valence-electron chi connectivity index (χ4n) is 2.26. The monoisotopic (exact) mass is 301 g/mol. The largest absolute Gasteiger partial charge is 0.472 e. The lowest BCUT2D eigenvalue weighted by atomic mass is 10.1. The second-order valence-corrected chi connectivity index (χ2v) is 5.94. The van der Waals surface area contributed by atoms with E-state index >= 15 is 0 Å². The maximum absolute atomic E-state index is 12.6. The van der Waals surface area contributed by atoms with Crippen LogP contribution in [-0.4, -0.2) is 22.8 Å². The summed E-state index contributed by atoms with van der Waals surface area (Å²) in [6.45, 7) is 2.45. The van der Waals surface area contributed by atoms with Crippen LogP contribution >= 0.6 is 11.3 Å². The van der Waals surface area contributed by atoms with E-state index in [-0.39, 0.29) is 5.91 Å². The van der Waals surface area contributed by atoms with Crippen molar-refractivity contribution in [3.63, 3.8) is 0 Å². The molecule has 3 aromatic heterocycles. The molecule has 0 aliphatic heterocycles. The lowest BCUT2D eigenvalue weighted by Gasteiger charge is -2.15. The molecule has 3 rings (SSSR count). The average molecular weight is 301 g/mol. The maximum atomic E-state index is 12.6. The molecule has 0 saturated heterocycles. The van der Waals surface area contributed by atoms with Crippen molar-refractivity contribution in [2.75, 3.05) is 12.8 Å². The maximum Gasteiger partial charge on any atom is 0.266 e. The molecule has 0 aliphatic rings. The molecule has 6 heteroatoms. The van der Waals surface area contributed by atoms with Gasteiger partial charge in [-0.15, -0.1) is 11.3 Å². The summed E-state index contributed by atoms with van der Waals surface area (Å²) in [4.78, 5) is 19.8. The first kappa shape index (κ1) is 13.6. The number of nitrogens with zero attached hydrogens (tertiary/aromatic N) is 2. The van der Waals surface area contributed by atoms with Crippen LogP contribution in [0.3, 0.4) is 0 Å². The second-order valence-electron chi connectivity index (χ2n) is 4.95. The molecule has 0 saturated carbocycles. The minimum atomic E-state index is -0.101. The standard InChI is InChI=1S/C15H15N3O2S/c1-9-3-5-17-14-11(9)12(16)13(21-14)15(19)18(2)7-10-4-6-20-8-10/h3-6,8H,7,16H2,1-2H3. The summed E-state index contributed by atoms with van der Waals surface area (Å²) in [6.07, 6.45) is 4.95. The van der Waals surface area contributed by atoms with Gasteiger partial charge in [-0.2, -0.15) is 0 Å². The van der Waals surface area contributed by atoms with Crippen molar-refractivity contribution >= 4 is 33.1 Å². The second kappa shape index (κ2) is 5.21. The molecule has 0 unspecified atom stereocenters. The molecule has 5 nitrogen and oxygen atoms in total. The van der Waals surface area contributed by atoms with Gasteiger partial charge in [0.15, 0.2) is 0 Å². The summed E-state index contributed by atoms with van der Waals surface area (Å²) >= 11 is 1.34. The number of pyridine rings is 1. The van der Waals surface area contributed by atoms with Crippen LogP contribution in [0.5, 0.6) is 0 Å². The minimum Gasteiger partial charge on any atom is -0.472 e. The van der Waals surface area contributed by atoms with Gasteiger partial charge in [-0.05, 0) is 24.6 Å².